The number of Topliss-reactive ketones (excluding diaryl/α,β-unsaturated/α-hetero) is 1. The summed E-state index contributed by atoms with van der Waals surface area (Å²) in [6.45, 7) is 8.19. The van der Waals surface area contributed by atoms with Gasteiger partial charge in [0, 0.05) is 25.6 Å². The molecule has 0 aromatic heterocycles. The van der Waals surface area contributed by atoms with Crippen LogP contribution in [0.15, 0.2) is 18.2 Å². The van der Waals surface area contributed by atoms with Crippen molar-refractivity contribution in [1.29, 1.82) is 0 Å². The highest BCUT2D eigenvalue weighted by Crippen LogP contribution is 2.31. The largest absolute Gasteiger partial charge is 0.450 e. The lowest BCUT2D eigenvalue weighted by molar-refractivity contribution is -0.144. The Morgan fingerprint density at radius 1 is 0.980 bits per heavy atom. The van der Waals surface area contributed by atoms with E-state index in [0.717, 1.165) is 62.5 Å². The van der Waals surface area contributed by atoms with Gasteiger partial charge in [-0.1, -0.05) is 78.0 Å². The van der Waals surface area contributed by atoms with E-state index in [2.05, 4.69) is 22.0 Å². The predicted octanol–water partition coefficient (Wildman–Crippen LogP) is 4.28. The minimum Gasteiger partial charge on any atom is -0.450 e. The topological polar surface area (TPSA) is 163 Å². The van der Waals surface area contributed by atoms with Crippen molar-refractivity contribution in [2.45, 2.75) is 148 Å². The Bertz CT molecular complexity index is 1470. The van der Waals surface area contributed by atoms with Crippen LogP contribution in [0.1, 0.15) is 115 Å². The summed E-state index contributed by atoms with van der Waals surface area (Å²) in [6, 6.07) is 2.78. The number of nitrogens with one attached hydrogen (secondary N) is 3. The molecule has 0 spiro atoms. The first-order valence-corrected chi connectivity index (χ1v) is 18.8. The molecule has 4 aliphatic rings. The lowest BCUT2D eigenvalue weighted by Gasteiger charge is -2.35. The molecule has 0 radical (unpaired) electrons. The van der Waals surface area contributed by atoms with E-state index in [1.807, 2.05) is 19.1 Å². The average Bonchev–Trinajstić information content (AvgIpc) is 3.85. The Balaban J connectivity index is 1.38. The fourth-order valence-corrected chi connectivity index (χ4v) is 7.67. The third-order valence-electron chi connectivity index (χ3n) is 10.5. The van der Waals surface area contributed by atoms with Gasteiger partial charge in [0.05, 0.1) is 19.2 Å². The molecule has 2 fully saturated rings. The van der Waals surface area contributed by atoms with Crippen molar-refractivity contribution in [2.75, 3.05) is 13.2 Å². The molecule has 3 heterocycles. The maximum atomic E-state index is 14.3. The first kappa shape index (κ1) is 38.1. The summed E-state index contributed by atoms with van der Waals surface area (Å²) in [5.41, 5.74) is 2.62. The molecular formula is C38H55N5O8. The molecule has 1 aliphatic carbocycles. The number of ketones is 1. The molecule has 4 atom stereocenters. The summed E-state index contributed by atoms with van der Waals surface area (Å²) < 4.78 is 11.5. The summed E-state index contributed by atoms with van der Waals surface area (Å²) >= 11 is 0. The number of carbonyl (C=O) groups is 6. The smallest absolute Gasteiger partial charge is 0.410 e. The van der Waals surface area contributed by atoms with E-state index in [4.69, 9.17) is 9.47 Å². The van der Waals surface area contributed by atoms with Crippen molar-refractivity contribution in [2.24, 2.45) is 5.41 Å². The SMILES string of the molecule is CCC[C@H](NC(=O)[C@@H]1CC2CN1C(=O)[C@H](C(C)(C)C)NC(=O)OCCCCCCc1cccc3c1CN(C3)C(=O)O2)C(=O)C(=O)NC1CCCC1. The molecule has 3 aliphatic heterocycles. The molecule has 13 nitrogen and oxygen atoms in total. The van der Waals surface area contributed by atoms with E-state index in [0.29, 0.717) is 25.9 Å². The standard InChI is InChI=1S/C38H55N5O8/c1-5-13-29(31(44)34(46)39-26-17-9-10-18-26)40-33(45)30-20-27-22-43(30)35(47)32(38(2,3)4)41-36(48)50-19-11-7-6-8-14-24-15-12-16-25-21-42(23-28(24)25)37(49)51-27/h12,15-16,26-27,29-30,32H,5-11,13-14,17-23H2,1-4H3,(H,39,46)(H,40,45)(H,41,48)/t27?,29-,30-,32+/m0/s1. The Morgan fingerprint density at radius 3 is 2.43 bits per heavy atom. The molecule has 1 aromatic rings. The number of hydrogen-bond donors (Lipinski definition) is 3. The number of alkyl carbamates (subject to hydrolysis) is 1. The van der Waals surface area contributed by atoms with Crippen LogP contribution in [-0.4, -0.2) is 88.9 Å². The molecule has 1 saturated heterocycles. The van der Waals surface area contributed by atoms with E-state index in [-0.39, 0.29) is 32.0 Å². The van der Waals surface area contributed by atoms with Gasteiger partial charge < -0.3 is 30.3 Å². The van der Waals surface area contributed by atoms with Crippen LogP contribution >= 0.6 is 0 Å². The summed E-state index contributed by atoms with van der Waals surface area (Å²) in [6.07, 6.45) is 6.59. The minimum absolute atomic E-state index is 0.0159. The molecule has 5 amide bonds. The molecule has 1 unspecified atom stereocenters. The normalized spacial score (nSPS) is 24.3. The maximum Gasteiger partial charge on any atom is 0.410 e. The van der Waals surface area contributed by atoms with Crippen LogP contribution < -0.4 is 16.0 Å². The molecule has 4 bridgehead atoms. The first-order chi connectivity index (χ1) is 24.3. The lowest BCUT2D eigenvalue weighted by atomic mass is 9.85. The Labute approximate surface area is 300 Å². The number of aryl methyl sites for hydroxylation is 1. The number of cyclic esters (lactones) is 1. The van der Waals surface area contributed by atoms with Gasteiger partial charge in [-0.05, 0) is 60.6 Å². The first-order valence-electron chi connectivity index (χ1n) is 18.8. The van der Waals surface area contributed by atoms with Crippen molar-refractivity contribution in [3.05, 3.63) is 34.9 Å². The van der Waals surface area contributed by atoms with Gasteiger partial charge in [-0.3, -0.25) is 24.1 Å². The van der Waals surface area contributed by atoms with Crippen molar-refractivity contribution in [3.63, 3.8) is 0 Å². The molecular weight excluding hydrogens is 654 g/mol. The molecule has 280 valence electrons. The second-order valence-corrected chi connectivity index (χ2v) is 15.6. The number of nitrogens with zero attached hydrogens (tertiary/aromatic N) is 2. The Kier molecular flexibility index (Phi) is 12.6. The van der Waals surface area contributed by atoms with Crippen LogP contribution in [0.25, 0.3) is 0 Å². The summed E-state index contributed by atoms with van der Waals surface area (Å²) in [5.74, 6) is -2.63. The number of rotatable bonds is 7. The monoisotopic (exact) mass is 709 g/mol. The number of ether oxygens (including phenoxy) is 2. The average molecular weight is 710 g/mol. The van der Waals surface area contributed by atoms with Gasteiger partial charge in [-0.15, -0.1) is 0 Å². The third-order valence-corrected chi connectivity index (χ3v) is 10.5. The van der Waals surface area contributed by atoms with Gasteiger partial charge in [-0.2, -0.15) is 0 Å². The van der Waals surface area contributed by atoms with Crippen LogP contribution in [0.5, 0.6) is 0 Å². The summed E-state index contributed by atoms with van der Waals surface area (Å²) in [7, 11) is 0. The van der Waals surface area contributed by atoms with Crippen LogP contribution in [0.2, 0.25) is 0 Å². The molecule has 5 rings (SSSR count). The molecule has 51 heavy (non-hydrogen) atoms. The van der Waals surface area contributed by atoms with Crippen LogP contribution in [-0.2, 0) is 48.2 Å². The van der Waals surface area contributed by atoms with Gasteiger partial charge in [-0.25, -0.2) is 9.59 Å². The second-order valence-electron chi connectivity index (χ2n) is 15.6. The van der Waals surface area contributed by atoms with Gasteiger partial charge in [0.2, 0.25) is 17.6 Å². The van der Waals surface area contributed by atoms with Crippen molar-refractivity contribution < 1.29 is 38.2 Å². The zero-order chi connectivity index (χ0) is 36.7. The van der Waals surface area contributed by atoms with Gasteiger partial charge >= 0.3 is 12.2 Å². The van der Waals surface area contributed by atoms with Crippen LogP contribution in [0.3, 0.4) is 0 Å². The minimum atomic E-state index is -1.13. The van der Waals surface area contributed by atoms with E-state index in [9.17, 15) is 28.8 Å². The van der Waals surface area contributed by atoms with E-state index in [1.54, 1.807) is 25.7 Å². The zero-order valence-electron chi connectivity index (χ0n) is 30.6. The quantitative estimate of drug-likeness (QED) is 0.354. The summed E-state index contributed by atoms with van der Waals surface area (Å²) in [4.78, 5) is 84.1. The van der Waals surface area contributed by atoms with Gasteiger partial charge in [0.1, 0.15) is 18.2 Å². The molecule has 1 aromatic carbocycles. The number of hydrogen-bond acceptors (Lipinski definition) is 8. The Morgan fingerprint density at radius 2 is 1.71 bits per heavy atom. The third kappa shape index (κ3) is 9.59. The molecule has 3 N–H and O–H groups in total. The zero-order valence-corrected chi connectivity index (χ0v) is 30.6. The predicted molar refractivity (Wildman–Crippen MR) is 188 cm³/mol. The van der Waals surface area contributed by atoms with Gasteiger partial charge in [0.25, 0.3) is 5.91 Å². The van der Waals surface area contributed by atoms with E-state index in [1.165, 1.54) is 10.5 Å². The van der Waals surface area contributed by atoms with Gasteiger partial charge in [0.15, 0.2) is 0 Å². The van der Waals surface area contributed by atoms with Crippen molar-refractivity contribution in [1.82, 2.24) is 25.8 Å². The number of carbonyl (C=O) groups excluding carboxylic acids is 6. The second kappa shape index (κ2) is 16.9. The fraction of sp³-hybridized carbons (Fsp3) is 0.684. The van der Waals surface area contributed by atoms with E-state index < -0.39 is 65.3 Å². The lowest BCUT2D eigenvalue weighted by Crippen LogP contribution is -2.59. The fourth-order valence-electron chi connectivity index (χ4n) is 7.67. The molecule has 1 saturated carbocycles. The number of amides is 5. The van der Waals surface area contributed by atoms with Crippen molar-refractivity contribution in [3.8, 4) is 0 Å². The number of benzene rings is 1. The molecule has 13 heteroatoms. The Hall–Kier alpha value is -4.16. The van der Waals surface area contributed by atoms with Crippen molar-refractivity contribution >= 4 is 35.7 Å². The van der Waals surface area contributed by atoms with Crippen LogP contribution in [0.4, 0.5) is 9.59 Å². The van der Waals surface area contributed by atoms with Crippen LogP contribution in [0, 0.1) is 5.41 Å². The highest BCUT2D eigenvalue weighted by molar-refractivity contribution is 6.38. The maximum absolute atomic E-state index is 14.3. The number of fused-ring (bicyclic) bond motifs is 3. The highest BCUT2D eigenvalue weighted by atomic mass is 16.6. The van der Waals surface area contributed by atoms with E-state index >= 15 is 0 Å². The highest BCUT2D eigenvalue weighted by Gasteiger charge is 2.47. The summed E-state index contributed by atoms with van der Waals surface area (Å²) in [5, 5.41) is 8.29.